The topological polar surface area (TPSA) is 12.5 Å². The van der Waals surface area contributed by atoms with E-state index in [1.54, 1.807) is 0 Å². The lowest BCUT2D eigenvalue weighted by molar-refractivity contribution is 0.0639. The Kier molecular flexibility index (Phi) is 5.50. The Morgan fingerprint density at radius 1 is 0.958 bits per heavy atom. The summed E-state index contributed by atoms with van der Waals surface area (Å²) in [5.74, 6) is 0. The Labute approximate surface area is 145 Å². The molecule has 0 saturated carbocycles. The number of allylic oxidation sites excluding steroid dienone is 2. The quantitative estimate of drug-likeness (QED) is 0.758. The molecule has 2 aromatic rings. The van der Waals surface area contributed by atoms with E-state index in [4.69, 9.17) is 4.74 Å². The van der Waals surface area contributed by atoms with Crippen LogP contribution in [-0.4, -0.2) is 31.2 Å². The van der Waals surface area contributed by atoms with Gasteiger partial charge in [0.2, 0.25) is 0 Å². The standard InChI is InChI=1S/C22H25NO/c1-18-6-3-8-20(16-18)9-5-11-22(23-12-14-24-15-13-23)21-10-4-7-19(2)17-21/h3-11,16-17H,12-15H2,1-2H3/b9-5+,22-11+. The van der Waals surface area contributed by atoms with E-state index in [0.29, 0.717) is 0 Å². The summed E-state index contributed by atoms with van der Waals surface area (Å²) in [5, 5.41) is 0. The number of hydrogen-bond donors (Lipinski definition) is 0. The van der Waals surface area contributed by atoms with Gasteiger partial charge in [0.1, 0.15) is 0 Å². The van der Waals surface area contributed by atoms with E-state index in [2.05, 4.69) is 85.5 Å². The van der Waals surface area contributed by atoms with Crippen LogP contribution in [0.15, 0.2) is 60.7 Å². The van der Waals surface area contributed by atoms with Crippen molar-refractivity contribution in [3.63, 3.8) is 0 Å². The van der Waals surface area contributed by atoms with Crippen molar-refractivity contribution in [3.8, 4) is 0 Å². The van der Waals surface area contributed by atoms with E-state index in [1.165, 1.54) is 28.0 Å². The number of aryl methyl sites for hydroxylation is 2. The van der Waals surface area contributed by atoms with Gasteiger partial charge in [-0.15, -0.1) is 0 Å². The first-order chi connectivity index (χ1) is 11.7. The Morgan fingerprint density at radius 2 is 1.67 bits per heavy atom. The minimum absolute atomic E-state index is 0.796. The van der Waals surface area contributed by atoms with Crippen molar-refractivity contribution in [2.45, 2.75) is 13.8 Å². The zero-order chi connectivity index (χ0) is 16.8. The average Bonchev–Trinajstić information content (AvgIpc) is 2.59. The van der Waals surface area contributed by atoms with Gasteiger partial charge < -0.3 is 9.64 Å². The lowest BCUT2D eigenvalue weighted by Gasteiger charge is -2.31. The first-order valence-corrected chi connectivity index (χ1v) is 8.57. The van der Waals surface area contributed by atoms with Crippen molar-refractivity contribution < 1.29 is 4.74 Å². The number of nitrogens with zero attached hydrogens (tertiary/aromatic N) is 1. The molecule has 24 heavy (non-hydrogen) atoms. The third kappa shape index (κ3) is 4.36. The molecule has 0 N–H and O–H groups in total. The highest BCUT2D eigenvalue weighted by atomic mass is 16.5. The second kappa shape index (κ2) is 7.98. The van der Waals surface area contributed by atoms with Crippen LogP contribution in [-0.2, 0) is 4.74 Å². The van der Waals surface area contributed by atoms with E-state index < -0.39 is 0 Å². The van der Waals surface area contributed by atoms with Crippen LogP contribution >= 0.6 is 0 Å². The third-order valence-electron chi connectivity index (χ3n) is 4.25. The number of benzene rings is 2. The number of morpholine rings is 1. The molecule has 0 unspecified atom stereocenters. The Morgan fingerprint density at radius 3 is 2.38 bits per heavy atom. The van der Waals surface area contributed by atoms with Crippen LogP contribution in [0.1, 0.15) is 22.3 Å². The van der Waals surface area contributed by atoms with Crippen LogP contribution in [0.2, 0.25) is 0 Å². The summed E-state index contributed by atoms with van der Waals surface area (Å²) in [6.07, 6.45) is 6.55. The largest absolute Gasteiger partial charge is 0.378 e. The van der Waals surface area contributed by atoms with Crippen LogP contribution < -0.4 is 0 Å². The first-order valence-electron chi connectivity index (χ1n) is 8.57. The van der Waals surface area contributed by atoms with Crippen molar-refractivity contribution in [2.75, 3.05) is 26.3 Å². The molecule has 0 aliphatic carbocycles. The van der Waals surface area contributed by atoms with Crippen LogP contribution in [0, 0.1) is 13.8 Å². The molecular weight excluding hydrogens is 294 g/mol. The van der Waals surface area contributed by atoms with Gasteiger partial charge in [0.25, 0.3) is 0 Å². The number of ether oxygens (including phenoxy) is 1. The van der Waals surface area contributed by atoms with Crippen LogP contribution in [0.25, 0.3) is 11.8 Å². The number of rotatable bonds is 4. The summed E-state index contributed by atoms with van der Waals surface area (Å²) in [5.41, 5.74) is 6.34. The molecule has 2 aromatic carbocycles. The third-order valence-corrected chi connectivity index (χ3v) is 4.25. The molecule has 0 aromatic heterocycles. The van der Waals surface area contributed by atoms with Gasteiger partial charge in [-0.1, -0.05) is 65.7 Å². The zero-order valence-corrected chi connectivity index (χ0v) is 14.5. The molecular formula is C22H25NO. The summed E-state index contributed by atoms with van der Waals surface area (Å²) in [4.78, 5) is 2.42. The van der Waals surface area contributed by atoms with Crippen molar-refractivity contribution in [2.24, 2.45) is 0 Å². The van der Waals surface area contributed by atoms with Gasteiger partial charge in [-0.05, 0) is 37.1 Å². The van der Waals surface area contributed by atoms with Gasteiger partial charge in [-0.25, -0.2) is 0 Å². The van der Waals surface area contributed by atoms with E-state index >= 15 is 0 Å². The molecule has 1 aliphatic heterocycles. The zero-order valence-electron chi connectivity index (χ0n) is 14.5. The molecule has 0 spiro atoms. The minimum Gasteiger partial charge on any atom is -0.378 e. The van der Waals surface area contributed by atoms with E-state index in [9.17, 15) is 0 Å². The van der Waals surface area contributed by atoms with E-state index in [-0.39, 0.29) is 0 Å². The van der Waals surface area contributed by atoms with Crippen LogP contribution in [0.5, 0.6) is 0 Å². The maximum Gasteiger partial charge on any atom is 0.0642 e. The molecule has 1 heterocycles. The molecule has 0 radical (unpaired) electrons. The van der Waals surface area contributed by atoms with Gasteiger partial charge in [0.05, 0.1) is 13.2 Å². The van der Waals surface area contributed by atoms with E-state index in [1.807, 2.05) is 0 Å². The van der Waals surface area contributed by atoms with Crippen molar-refractivity contribution in [1.82, 2.24) is 4.90 Å². The van der Waals surface area contributed by atoms with Gasteiger partial charge in [-0.2, -0.15) is 0 Å². The highest BCUT2D eigenvalue weighted by Gasteiger charge is 2.14. The maximum absolute atomic E-state index is 5.51. The molecule has 0 bridgehead atoms. The van der Waals surface area contributed by atoms with Crippen molar-refractivity contribution >= 4 is 11.8 Å². The highest BCUT2D eigenvalue weighted by molar-refractivity contribution is 5.68. The monoisotopic (exact) mass is 319 g/mol. The molecule has 2 nitrogen and oxygen atoms in total. The summed E-state index contributed by atoms with van der Waals surface area (Å²) in [6.45, 7) is 7.74. The molecule has 2 heteroatoms. The number of hydrogen-bond acceptors (Lipinski definition) is 2. The Hall–Kier alpha value is -2.32. The second-order valence-electron chi connectivity index (χ2n) is 6.29. The molecule has 1 fully saturated rings. The molecule has 3 rings (SSSR count). The molecule has 0 atom stereocenters. The molecule has 1 saturated heterocycles. The average molecular weight is 319 g/mol. The maximum atomic E-state index is 5.51. The van der Waals surface area contributed by atoms with Crippen LogP contribution in [0.4, 0.5) is 0 Å². The fourth-order valence-electron chi connectivity index (χ4n) is 3.02. The SMILES string of the molecule is Cc1cccc(/C=C/C=C(\c2cccc(C)c2)N2CCOCC2)c1. The lowest BCUT2D eigenvalue weighted by Crippen LogP contribution is -2.34. The minimum atomic E-state index is 0.796. The van der Waals surface area contributed by atoms with Crippen LogP contribution in [0.3, 0.4) is 0 Å². The summed E-state index contributed by atoms with van der Waals surface area (Å²) < 4.78 is 5.51. The predicted octanol–water partition coefficient (Wildman–Crippen LogP) is 4.69. The first kappa shape index (κ1) is 16.5. The van der Waals surface area contributed by atoms with Gasteiger partial charge >= 0.3 is 0 Å². The van der Waals surface area contributed by atoms with Crippen molar-refractivity contribution in [1.29, 1.82) is 0 Å². The summed E-state index contributed by atoms with van der Waals surface area (Å²) in [6, 6.07) is 17.3. The lowest BCUT2D eigenvalue weighted by atomic mass is 10.1. The fraction of sp³-hybridized carbons (Fsp3) is 0.273. The molecule has 0 amide bonds. The van der Waals surface area contributed by atoms with Gasteiger partial charge in [0.15, 0.2) is 0 Å². The Bertz CT molecular complexity index is 739. The molecule has 124 valence electrons. The normalized spacial score (nSPS) is 15.9. The highest BCUT2D eigenvalue weighted by Crippen LogP contribution is 2.22. The van der Waals surface area contributed by atoms with Crippen molar-refractivity contribution in [3.05, 3.63) is 82.9 Å². The smallest absolute Gasteiger partial charge is 0.0642 e. The predicted molar refractivity (Wildman–Crippen MR) is 102 cm³/mol. The van der Waals surface area contributed by atoms with Gasteiger partial charge in [0, 0.05) is 18.8 Å². The summed E-state index contributed by atoms with van der Waals surface area (Å²) >= 11 is 0. The summed E-state index contributed by atoms with van der Waals surface area (Å²) in [7, 11) is 0. The van der Waals surface area contributed by atoms with E-state index in [0.717, 1.165) is 26.3 Å². The Balaban J connectivity index is 1.88. The molecule has 1 aliphatic rings. The van der Waals surface area contributed by atoms with Gasteiger partial charge in [-0.3, -0.25) is 0 Å². The fourth-order valence-corrected chi connectivity index (χ4v) is 3.02. The second-order valence-corrected chi connectivity index (χ2v) is 6.29.